The summed E-state index contributed by atoms with van der Waals surface area (Å²) in [5.41, 5.74) is 0.497. The number of carbonyl (C=O) groups excluding carboxylic acids is 2. The third kappa shape index (κ3) is 3.21. The highest BCUT2D eigenvalue weighted by molar-refractivity contribution is 5.98. The van der Waals surface area contributed by atoms with E-state index < -0.39 is 0 Å². The lowest BCUT2D eigenvalue weighted by Gasteiger charge is -2.53. The van der Waals surface area contributed by atoms with Gasteiger partial charge in [-0.2, -0.15) is 0 Å². The second kappa shape index (κ2) is 6.84. The number of esters is 1. The van der Waals surface area contributed by atoms with Crippen molar-refractivity contribution in [2.75, 3.05) is 19.8 Å². The molecule has 5 aliphatic rings. The van der Waals surface area contributed by atoms with Crippen LogP contribution in [0.3, 0.4) is 0 Å². The molecule has 27 heavy (non-hydrogen) atoms. The van der Waals surface area contributed by atoms with Gasteiger partial charge in [0.1, 0.15) is 0 Å². The average molecular weight is 370 g/mol. The molecule has 5 nitrogen and oxygen atoms in total. The van der Waals surface area contributed by atoms with E-state index in [1.807, 2.05) is 0 Å². The van der Waals surface area contributed by atoms with Gasteiger partial charge in [0.2, 0.25) is 0 Å². The predicted octanol–water partition coefficient (Wildman–Crippen LogP) is 3.65. The third-order valence-corrected chi connectivity index (χ3v) is 6.91. The van der Waals surface area contributed by atoms with Crippen LogP contribution in [0.1, 0.15) is 48.9 Å². The molecule has 0 radical (unpaired) electrons. The fourth-order valence-electron chi connectivity index (χ4n) is 5.96. The maximum atomic E-state index is 12.7. The van der Waals surface area contributed by atoms with Gasteiger partial charge in [-0.25, -0.2) is 0 Å². The van der Waals surface area contributed by atoms with Crippen LogP contribution in [0.5, 0.6) is 11.5 Å². The Kier molecular flexibility index (Phi) is 4.33. The van der Waals surface area contributed by atoms with Crippen LogP contribution in [0.4, 0.5) is 0 Å². The molecule has 4 saturated carbocycles. The van der Waals surface area contributed by atoms with Crippen LogP contribution in [0.2, 0.25) is 0 Å². The van der Waals surface area contributed by atoms with E-state index in [0.29, 0.717) is 42.1 Å². The first-order valence-corrected chi connectivity index (χ1v) is 10.3. The van der Waals surface area contributed by atoms with E-state index in [9.17, 15) is 9.59 Å². The van der Waals surface area contributed by atoms with Crippen molar-refractivity contribution in [3.63, 3.8) is 0 Å². The minimum absolute atomic E-state index is 0.00868. The van der Waals surface area contributed by atoms with E-state index in [-0.39, 0.29) is 24.3 Å². The molecule has 0 N–H and O–H groups in total. The first kappa shape index (κ1) is 17.1. The molecule has 6 rings (SSSR count). The van der Waals surface area contributed by atoms with Gasteiger partial charge in [-0.05, 0) is 74.0 Å². The molecule has 0 saturated heterocycles. The van der Waals surface area contributed by atoms with Crippen molar-refractivity contribution in [1.82, 2.24) is 0 Å². The minimum Gasteiger partial charge on any atom is -0.490 e. The first-order valence-electron chi connectivity index (χ1n) is 10.3. The van der Waals surface area contributed by atoms with E-state index in [1.165, 1.54) is 32.1 Å². The quantitative estimate of drug-likeness (QED) is 0.598. The zero-order valence-corrected chi connectivity index (χ0v) is 15.5. The Bertz CT molecular complexity index is 727. The van der Waals surface area contributed by atoms with Gasteiger partial charge in [0.25, 0.3) is 0 Å². The fraction of sp³-hybridized carbons (Fsp3) is 0.636. The molecule has 0 aromatic heterocycles. The number of Topliss-reactive ketones (excluding diaryl/α,β-unsaturated/α-hetero) is 1. The van der Waals surface area contributed by atoms with E-state index >= 15 is 0 Å². The van der Waals surface area contributed by atoms with Crippen molar-refractivity contribution >= 4 is 11.8 Å². The maximum Gasteiger partial charge on any atom is 0.309 e. The van der Waals surface area contributed by atoms with Crippen molar-refractivity contribution in [2.24, 2.45) is 29.6 Å². The second-order valence-electron chi connectivity index (χ2n) is 8.70. The number of fused-ring (bicyclic) bond motifs is 1. The lowest BCUT2D eigenvalue weighted by atomic mass is 9.52. The number of hydrogen-bond donors (Lipinski definition) is 0. The Morgan fingerprint density at radius 2 is 1.59 bits per heavy atom. The lowest BCUT2D eigenvalue weighted by molar-refractivity contribution is -0.161. The summed E-state index contributed by atoms with van der Waals surface area (Å²) in [5, 5.41) is 0. The maximum absolute atomic E-state index is 12.7. The Labute approximate surface area is 159 Å². The number of rotatable bonds is 4. The molecular weight excluding hydrogens is 344 g/mol. The number of benzene rings is 1. The molecule has 0 spiro atoms. The van der Waals surface area contributed by atoms with Crippen LogP contribution >= 0.6 is 0 Å². The van der Waals surface area contributed by atoms with Crippen LogP contribution in [0.15, 0.2) is 18.2 Å². The Hall–Kier alpha value is -2.04. The van der Waals surface area contributed by atoms with Crippen LogP contribution in [0.25, 0.3) is 0 Å². The first-order chi connectivity index (χ1) is 13.2. The van der Waals surface area contributed by atoms with Crippen LogP contribution in [0, 0.1) is 29.6 Å². The van der Waals surface area contributed by atoms with Gasteiger partial charge in [-0.3, -0.25) is 9.59 Å². The number of ether oxygens (including phenoxy) is 3. The van der Waals surface area contributed by atoms with Gasteiger partial charge in [0, 0.05) is 12.0 Å². The largest absolute Gasteiger partial charge is 0.490 e. The third-order valence-electron chi connectivity index (χ3n) is 6.91. The number of hydrogen-bond acceptors (Lipinski definition) is 5. The average Bonchev–Trinajstić information content (AvgIpc) is 2.90. The van der Waals surface area contributed by atoms with Gasteiger partial charge in [-0.15, -0.1) is 0 Å². The topological polar surface area (TPSA) is 61.8 Å². The highest BCUT2D eigenvalue weighted by atomic mass is 16.5. The van der Waals surface area contributed by atoms with Crippen molar-refractivity contribution in [1.29, 1.82) is 0 Å². The van der Waals surface area contributed by atoms with Crippen LogP contribution in [-0.2, 0) is 9.53 Å². The van der Waals surface area contributed by atoms with Crippen LogP contribution in [-0.4, -0.2) is 31.6 Å². The van der Waals surface area contributed by atoms with Gasteiger partial charge in [0.15, 0.2) is 23.9 Å². The van der Waals surface area contributed by atoms with Gasteiger partial charge in [-0.1, -0.05) is 0 Å². The molecular formula is C22H26O5. The summed E-state index contributed by atoms with van der Waals surface area (Å²) in [6.45, 7) is 0.997. The molecule has 0 atom stereocenters. The summed E-state index contributed by atoms with van der Waals surface area (Å²) in [5.74, 6) is 3.49. The summed E-state index contributed by atoms with van der Waals surface area (Å²) >= 11 is 0. The standard InChI is InChI=1S/C22H26O5/c23-18(15-2-3-19-20(11-15)26-5-1-4-25-19)12-27-22(24)21-16-7-13-6-14(9-16)10-17(21)8-13/h2-3,11,13-14,16-17,21H,1,4-10,12H2. The summed E-state index contributed by atoms with van der Waals surface area (Å²) in [6, 6.07) is 5.17. The molecule has 4 bridgehead atoms. The fourth-order valence-corrected chi connectivity index (χ4v) is 5.96. The SMILES string of the molecule is O=C(COC(=O)C1C2CC3CC(C2)CC1C3)c1ccc2c(c1)OCCCO2. The molecule has 1 aromatic carbocycles. The Morgan fingerprint density at radius 1 is 0.926 bits per heavy atom. The molecule has 144 valence electrons. The number of ketones is 1. The summed E-state index contributed by atoms with van der Waals surface area (Å²) in [6.07, 6.45) is 6.86. The summed E-state index contributed by atoms with van der Waals surface area (Å²) in [4.78, 5) is 25.3. The van der Waals surface area contributed by atoms with Crippen molar-refractivity contribution < 1.29 is 23.8 Å². The van der Waals surface area contributed by atoms with E-state index in [2.05, 4.69) is 0 Å². The van der Waals surface area contributed by atoms with Crippen molar-refractivity contribution in [2.45, 2.75) is 38.5 Å². The monoisotopic (exact) mass is 370 g/mol. The molecule has 4 aliphatic carbocycles. The molecule has 5 heteroatoms. The Morgan fingerprint density at radius 3 is 2.30 bits per heavy atom. The molecule has 0 unspecified atom stereocenters. The highest BCUT2D eigenvalue weighted by Gasteiger charge is 2.51. The van der Waals surface area contributed by atoms with E-state index in [1.54, 1.807) is 18.2 Å². The zero-order chi connectivity index (χ0) is 18.4. The van der Waals surface area contributed by atoms with E-state index in [0.717, 1.165) is 18.3 Å². The summed E-state index contributed by atoms with van der Waals surface area (Å²) in [7, 11) is 0. The molecule has 4 fully saturated rings. The smallest absolute Gasteiger partial charge is 0.309 e. The zero-order valence-electron chi connectivity index (χ0n) is 15.5. The highest BCUT2D eigenvalue weighted by Crippen LogP contribution is 2.56. The lowest BCUT2D eigenvalue weighted by Crippen LogP contribution is -2.48. The molecule has 1 aliphatic heterocycles. The minimum atomic E-state index is -0.193. The molecule has 1 aromatic rings. The van der Waals surface area contributed by atoms with E-state index in [4.69, 9.17) is 14.2 Å². The molecule has 0 amide bonds. The van der Waals surface area contributed by atoms with Crippen molar-refractivity contribution in [3.8, 4) is 11.5 Å². The predicted molar refractivity (Wildman–Crippen MR) is 97.9 cm³/mol. The number of carbonyl (C=O) groups is 2. The molecule has 1 heterocycles. The van der Waals surface area contributed by atoms with Crippen molar-refractivity contribution in [3.05, 3.63) is 23.8 Å². The van der Waals surface area contributed by atoms with Crippen LogP contribution < -0.4 is 9.47 Å². The summed E-state index contributed by atoms with van der Waals surface area (Å²) < 4.78 is 16.7. The Balaban J connectivity index is 1.22. The van der Waals surface area contributed by atoms with Gasteiger partial charge < -0.3 is 14.2 Å². The van der Waals surface area contributed by atoms with Gasteiger partial charge in [0.05, 0.1) is 19.1 Å². The van der Waals surface area contributed by atoms with Gasteiger partial charge >= 0.3 is 5.97 Å². The second-order valence-corrected chi connectivity index (χ2v) is 8.70. The normalized spacial score (nSPS) is 33.4.